The van der Waals surface area contributed by atoms with Gasteiger partial charge < -0.3 is 21.3 Å². The largest absolute Gasteiger partial charge is 0.504 e. The first-order valence-corrected chi connectivity index (χ1v) is 6.10. The van der Waals surface area contributed by atoms with Crippen LogP contribution in [0.25, 0.3) is 0 Å². The molecule has 0 aromatic heterocycles. The van der Waals surface area contributed by atoms with Crippen molar-refractivity contribution in [1.82, 2.24) is 0 Å². The number of nitrogens with two attached hydrogens (primary N) is 2. The maximum Gasteiger partial charge on any atom is 0.161 e. The fraction of sp³-hybridized carbons (Fsp3) is 0.538. The Morgan fingerprint density at radius 3 is 2.76 bits per heavy atom. The van der Waals surface area contributed by atoms with Crippen molar-refractivity contribution in [3.63, 3.8) is 0 Å². The molecule has 4 nitrogen and oxygen atoms in total. The van der Waals surface area contributed by atoms with Crippen molar-refractivity contribution in [3.8, 4) is 11.5 Å². The first-order valence-electron chi connectivity index (χ1n) is 6.10. The van der Waals surface area contributed by atoms with E-state index in [9.17, 15) is 5.11 Å². The zero-order valence-corrected chi connectivity index (χ0v) is 10.4. The molecule has 0 saturated heterocycles. The van der Waals surface area contributed by atoms with Gasteiger partial charge in [0.1, 0.15) is 0 Å². The van der Waals surface area contributed by atoms with Gasteiger partial charge in [0.15, 0.2) is 11.5 Å². The van der Waals surface area contributed by atoms with Gasteiger partial charge >= 0.3 is 0 Å². The van der Waals surface area contributed by atoms with Crippen LogP contribution in [0.3, 0.4) is 0 Å². The Balaban J connectivity index is 2.66. The van der Waals surface area contributed by atoms with Crippen LogP contribution in [0.5, 0.6) is 11.5 Å². The van der Waals surface area contributed by atoms with Gasteiger partial charge in [0.05, 0.1) is 6.61 Å². The average molecular weight is 238 g/mol. The minimum Gasteiger partial charge on any atom is -0.504 e. The maximum atomic E-state index is 9.58. The van der Waals surface area contributed by atoms with Crippen molar-refractivity contribution >= 4 is 0 Å². The second-order valence-electron chi connectivity index (χ2n) is 4.05. The SMILES string of the molecule is CCOc1cc([C@@H](N)CCCCN)ccc1O. The van der Waals surface area contributed by atoms with Crippen LogP contribution in [0.1, 0.15) is 37.8 Å². The first-order chi connectivity index (χ1) is 8.19. The van der Waals surface area contributed by atoms with E-state index < -0.39 is 0 Å². The summed E-state index contributed by atoms with van der Waals surface area (Å²) in [5.41, 5.74) is 12.5. The Kier molecular flexibility index (Phi) is 5.80. The lowest BCUT2D eigenvalue weighted by atomic mass is 10.0. The van der Waals surface area contributed by atoms with Crippen LogP contribution in [0.4, 0.5) is 0 Å². The van der Waals surface area contributed by atoms with Gasteiger partial charge in [0, 0.05) is 6.04 Å². The lowest BCUT2D eigenvalue weighted by molar-refractivity contribution is 0.317. The van der Waals surface area contributed by atoms with Gasteiger partial charge in [-0.25, -0.2) is 0 Å². The van der Waals surface area contributed by atoms with Gasteiger partial charge in [-0.15, -0.1) is 0 Å². The van der Waals surface area contributed by atoms with Crippen molar-refractivity contribution in [2.75, 3.05) is 13.2 Å². The predicted molar refractivity (Wildman–Crippen MR) is 69.1 cm³/mol. The molecule has 0 spiro atoms. The monoisotopic (exact) mass is 238 g/mol. The minimum absolute atomic E-state index is 0.0265. The summed E-state index contributed by atoms with van der Waals surface area (Å²) < 4.78 is 5.33. The second-order valence-corrected chi connectivity index (χ2v) is 4.05. The molecule has 0 amide bonds. The highest BCUT2D eigenvalue weighted by Crippen LogP contribution is 2.29. The number of benzene rings is 1. The summed E-state index contributed by atoms with van der Waals surface area (Å²) in [4.78, 5) is 0. The number of aromatic hydroxyl groups is 1. The third-order valence-corrected chi connectivity index (χ3v) is 2.68. The molecule has 0 fully saturated rings. The van der Waals surface area contributed by atoms with Gasteiger partial charge in [-0.1, -0.05) is 12.5 Å². The quantitative estimate of drug-likeness (QED) is 0.634. The molecule has 0 unspecified atom stereocenters. The minimum atomic E-state index is -0.0265. The molecule has 1 aromatic carbocycles. The zero-order valence-electron chi connectivity index (χ0n) is 10.4. The van der Waals surface area contributed by atoms with E-state index in [2.05, 4.69) is 0 Å². The normalized spacial score (nSPS) is 12.4. The van der Waals surface area contributed by atoms with E-state index in [1.807, 2.05) is 19.1 Å². The number of unbranched alkanes of at least 4 members (excludes halogenated alkanes) is 1. The van der Waals surface area contributed by atoms with E-state index in [4.69, 9.17) is 16.2 Å². The topological polar surface area (TPSA) is 81.5 Å². The summed E-state index contributed by atoms with van der Waals surface area (Å²) in [6, 6.07) is 5.25. The number of hydrogen-bond donors (Lipinski definition) is 3. The Morgan fingerprint density at radius 1 is 1.35 bits per heavy atom. The van der Waals surface area contributed by atoms with Crippen LogP contribution < -0.4 is 16.2 Å². The second kappa shape index (κ2) is 7.14. The van der Waals surface area contributed by atoms with E-state index in [1.165, 1.54) is 0 Å². The molecule has 0 aliphatic heterocycles. The summed E-state index contributed by atoms with van der Waals surface area (Å²) in [6.07, 6.45) is 2.90. The molecule has 1 atom stereocenters. The van der Waals surface area contributed by atoms with Crippen LogP contribution in [0.15, 0.2) is 18.2 Å². The Morgan fingerprint density at radius 2 is 2.12 bits per heavy atom. The van der Waals surface area contributed by atoms with Gasteiger partial charge in [-0.05, 0) is 44.0 Å². The number of hydrogen-bond acceptors (Lipinski definition) is 4. The molecule has 0 radical (unpaired) electrons. The molecule has 17 heavy (non-hydrogen) atoms. The third-order valence-electron chi connectivity index (χ3n) is 2.68. The smallest absolute Gasteiger partial charge is 0.161 e. The van der Waals surface area contributed by atoms with Crippen LogP contribution in [0, 0.1) is 0 Å². The molecule has 0 aliphatic rings. The van der Waals surface area contributed by atoms with Crippen LogP contribution >= 0.6 is 0 Å². The number of phenols is 1. The highest BCUT2D eigenvalue weighted by atomic mass is 16.5. The number of phenolic OH excluding ortho intramolecular Hbond substituents is 1. The molecule has 96 valence electrons. The van der Waals surface area contributed by atoms with Gasteiger partial charge in [0.2, 0.25) is 0 Å². The average Bonchev–Trinajstić information content (AvgIpc) is 2.32. The summed E-state index contributed by atoms with van der Waals surface area (Å²) in [5, 5.41) is 9.58. The van der Waals surface area contributed by atoms with Crippen LogP contribution in [-0.2, 0) is 0 Å². The molecule has 5 N–H and O–H groups in total. The highest BCUT2D eigenvalue weighted by molar-refractivity contribution is 5.42. The molecule has 0 aliphatic carbocycles. The Bertz CT molecular complexity index is 342. The molecule has 0 saturated carbocycles. The fourth-order valence-electron chi connectivity index (χ4n) is 1.71. The van der Waals surface area contributed by atoms with Crippen molar-refractivity contribution in [2.45, 2.75) is 32.2 Å². The van der Waals surface area contributed by atoms with Crippen LogP contribution in [-0.4, -0.2) is 18.3 Å². The summed E-state index contributed by atoms with van der Waals surface area (Å²) in [6.45, 7) is 3.11. The number of rotatable bonds is 7. The zero-order chi connectivity index (χ0) is 12.7. The van der Waals surface area contributed by atoms with Crippen molar-refractivity contribution in [2.24, 2.45) is 11.5 Å². The van der Waals surface area contributed by atoms with Crippen molar-refractivity contribution < 1.29 is 9.84 Å². The van der Waals surface area contributed by atoms with Gasteiger partial charge in [-0.2, -0.15) is 0 Å². The first kappa shape index (κ1) is 13.8. The summed E-state index contributed by atoms with van der Waals surface area (Å²) in [5.74, 6) is 0.657. The lowest BCUT2D eigenvalue weighted by Gasteiger charge is -2.14. The molecule has 1 rings (SSSR count). The van der Waals surface area contributed by atoms with E-state index in [0.717, 1.165) is 24.8 Å². The molecular weight excluding hydrogens is 216 g/mol. The molecule has 4 heteroatoms. The van der Waals surface area contributed by atoms with Gasteiger partial charge in [0.25, 0.3) is 0 Å². The van der Waals surface area contributed by atoms with E-state index in [1.54, 1.807) is 6.07 Å². The van der Waals surface area contributed by atoms with Crippen molar-refractivity contribution in [1.29, 1.82) is 0 Å². The van der Waals surface area contributed by atoms with E-state index >= 15 is 0 Å². The van der Waals surface area contributed by atoms with E-state index in [-0.39, 0.29) is 11.8 Å². The summed E-state index contributed by atoms with van der Waals surface area (Å²) >= 11 is 0. The molecule has 0 bridgehead atoms. The fourth-order valence-corrected chi connectivity index (χ4v) is 1.71. The molecule has 0 heterocycles. The summed E-state index contributed by atoms with van der Waals surface area (Å²) in [7, 11) is 0. The lowest BCUT2D eigenvalue weighted by Crippen LogP contribution is -2.11. The molecule has 1 aromatic rings. The van der Waals surface area contributed by atoms with Crippen LogP contribution in [0.2, 0.25) is 0 Å². The Labute approximate surface area is 103 Å². The molecular formula is C13H22N2O2. The van der Waals surface area contributed by atoms with Gasteiger partial charge in [-0.3, -0.25) is 0 Å². The highest BCUT2D eigenvalue weighted by Gasteiger charge is 2.09. The maximum absolute atomic E-state index is 9.58. The standard InChI is InChI=1S/C13H22N2O2/c1-2-17-13-9-10(6-7-12(13)16)11(15)5-3-4-8-14/h6-7,9,11,16H,2-5,8,14-15H2,1H3/t11-/m0/s1. The predicted octanol–water partition coefficient (Wildman–Crippen LogP) is 1.92. The Hall–Kier alpha value is -1.26. The van der Waals surface area contributed by atoms with Crippen molar-refractivity contribution in [3.05, 3.63) is 23.8 Å². The number of ether oxygens (including phenoxy) is 1. The van der Waals surface area contributed by atoms with E-state index in [0.29, 0.717) is 18.9 Å². The third kappa shape index (κ3) is 4.24.